The molecule has 74 valence electrons. The first-order chi connectivity index (χ1) is 6.69. The van der Waals surface area contributed by atoms with Crippen molar-refractivity contribution in [3.8, 4) is 0 Å². The lowest BCUT2D eigenvalue weighted by molar-refractivity contribution is -0.126. The predicted molar refractivity (Wildman–Crippen MR) is 59.9 cm³/mol. The molecule has 0 spiro atoms. The molecule has 0 unspecified atom stereocenters. The Bertz CT molecular complexity index is 341. The average Bonchev–Trinajstić information content (AvgIpc) is 2.27. The quantitative estimate of drug-likeness (QED) is 0.469. The molecule has 1 aromatic rings. The molecule has 3 heteroatoms. The van der Waals surface area contributed by atoms with E-state index in [0.29, 0.717) is 5.57 Å². The molecule has 0 bridgehead atoms. The van der Waals surface area contributed by atoms with Crippen molar-refractivity contribution in [1.29, 1.82) is 0 Å². The molecule has 0 heterocycles. The topological polar surface area (TPSA) is 26.3 Å². The molecule has 0 fully saturated rings. The highest BCUT2D eigenvalue weighted by atomic mass is 32.1. The van der Waals surface area contributed by atoms with E-state index in [9.17, 15) is 4.79 Å². The Morgan fingerprint density at radius 3 is 2.43 bits per heavy atom. The van der Waals surface area contributed by atoms with Gasteiger partial charge in [0.25, 0.3) is 0 Å². The fraction of sp³-hybridized carbons (Fsp3) is 0.182. The Morgan fingerprint density at radius 1 is 1.43 bits per heavy atom. The highest BCUT2D eigenvalue weighted by Gasteiger charge is 2.09. The van der Waals surface area contributed by atoms with Crippen molar-refractivity contribution >= 4 is 24.5 Å². The summed E-state index contributed by atoms with van der Waals surface area (Å²) in [4.78, 5) is 11.1. The summed E-state index contributed by atoms with van der Waals surface area (Å²) in [5.74, 6) is -0.516. The van der Waals surface area contributed by atoms with E-state index < -0.39 is 5.97 Å². The number of rotatable bonds is 3. The van der Waals surface area contributed by atoms with Gasteiger partial charge in [0, 0.05) is 12.9 Å². The highest BCUT2D eigenvalue weighted by Crippen LogP contribution is 2.15. The molecule has 0 saturated carbocycles. The van der Waals surface area contributed by atoms with Crippen molar-refractivity contribution < 1.29 is 8.98 Å². The Morgan fingerprint density at radius 2 is 2.00 bits per heavy atom. The molecule has 2 nitrogen and oxygen atoms in total. The summed E-state index contributed by atoms with van der Waals surface area (Å²) in [6.45, 7) is 5.70. The second-order valence-electron chi connectivity index (χ2n) is 2.91. The lowest BCUT2D eigenvalue weighted by Crippen LogP contribution is -1.99. The summed E-state index contributed by atoms with van der Waals surface area (Å²) in [7, 11) is 0. The van der Waals surface area contributed by atoms with Crippen LogP contribution in [-0.4, -0.2) is 5.97 Å². The maximum atomic E-state index is 11.1. The number of benzene rings is 1. The third kappa shape index (κ3) is 2.39. The van der Waals surface area contributed by atoms with Crippen LogP contribution in [0.1, 0.15) is 18.1 Å². The Labute approximate surface area is 89.2 Å². The van der Waals surface area contributed by atoms with Gasteiger partial charge in [-0.2, -0.15) is 0 Å². The second kappa shape index (κ2) is 4.86. The number of thiol groups is 1. The van der Waals surface area contributed by atoms with Gasteiger partial charge >= 0.3 is 5.97 Å². The summed E-state index contributed by atoms with van der Waals surface area (Å²) in [5.41, 5.74) is 2.31. The van der Waals surface area contributed by atoms with E-state index in [1.54, 1.807) is 0 Å². The van der Waals surface area contributed by atoms with Crippen LogP contribution in [0.15, 0.2) is 30.8 Å². The van der Waals surface area contributed by atoms with Crippen molar-refractivity contribution in [1.82, 2.24) is 0 Å². The molecule has 0 aliphatic heterocycles. The van der Waals surface area contributed by atoms with Crippen LogP contribution in [0, 0.1) is 0 Å². The van der Waals surface area contributed by atoms with E-state index in [-0.39, 0.29) is 0 Å². The fourth-order valence-electron chi connectivity index (χ4n) is 1.11. The van der Waals surface area contributed by atoms with Crippen LogP contribution in [0.3, 0.4) is 0 Å². The zero-order chi connectivity index (χ0) is 10.6. The Kier molecular flexibility index (Phi) is 3.77. The van der Waals surface area contributed by atoms with Crippen LogP contribution >= 0.6 is 12.9 Å². The first-order valence-corrected chi connectivity index (χ1v) is 4.69. The SMILES string of the molecule is C=C(C(=O)OS)c1ccc(CC)cc1. The van der Waals surface area contributed by atoms with E-state index in [2.05, 4.69) is 30.6 Å². The molecule has 0 radical (unpaired) electrons. The third-order valence-electron chi connectivity index (χ3n) is 2.04. The van der Waals surface area contributed by atoms with Crippen LogP contribution in [0.4, 0.5) is 0 Å². The van der Waals surface area contributed by atoms with Gasteiger partial charge in [0.2, 0.25) is 0 Å². The van der Waals surface area contributed by atoms with Gasteiger partial charge in [0.15, 0.2) is 0 Å². The van der Waals surface area contributed by atoms with Gasteiger partial charge in [-0.25, -0.2) is 4.79 Å². The minimum atomic E-state index is -0.516. The van der Waals surface area contributed by atoms with Crippen molar-refractivity contribution in [3.63, 3.8) is 0 Å². The van der Waals surface area contributed by atoms with Crippen molar-refractivity contribution in [2.75, 3.05) is 0 Å². The summed E-state index contributed by atoms with van der Waals surface area (Å²) in [5, 5.41) is 0. The standard InChI is InChI=1S/C11H12O2S/c1-3-9-4-6-10(7-5-9)8(2)11(12)13-14/h4-7,14H,2-3H2,1H3. The molecular weight excluding hydrogens is 196 g/mol. The van der Waals surface area contributed by atoms with E-state index in [1.807, 2.05) is 24.3 Å². The van der Waals surface area contributed by atoms with Crippen LogP contribution in [0.25, 0.3) is 5.57 Å². The van der Waals surface area contributed by atoms with Crippen LogP contribution in [-0.2, 0) is 15.4 Å². The number of hydrogen-bond donors (Lipinski definition) is 1. The molecule has 0 N–H and O–H groups in total. The van der Waals surface area contributed by atoms with Gasteiger partial charge in [0.1, 0.15) is 0 Å². The first kappa shape index (κ1) is 10.9. The number of carbonyl (C=O) groups excluding carboxylic acids is 1. The van der Waals surface area contributed by atoms with E-state index in [4.69, 9.17) is 0 Å². The first-order valence-electron chi connectivity index (χ1n) is 4.33. The minimum absolute atomic E-state index is 0.322. The Balaban J connectivity index is 2.87. The normalized spacial score (nSPS) is 9.57. The van der Waals surface area contributed by atoms with Crippen molar-refractivity contribution in [3.05, 3.63) is 42.0 Å². The largest absolute Gasteiger partial charge is 0.391 e. The third-order valence-corrected chi connectivity index (χ3v) is 2.21. The van der Waals surface area contributed by atoms with Crippen LogP contribution < -0.4 is 0 Å². The highest BCUT2D eigenvalue weighted by molar-refractivity contribution is 7.75. The molecule has 0 saturated heterocycles. The van der Waals surface area contributed by atoms with Gasteiger partial charge in [-0.05, 0) is 17.5 Å². The molecule has 14 heavy (non-hydrogen) atoms. The molecule has 0 amide bonds. The zero-order valence-electron chi connectivity index (χ0n) is 7.99. The summed E-state index contributed by atoms with van der Waals surface area (Å²) in [6.07, 6.45) is 0.976. The smallest absolute Gasteiger partial charge is 0.349 e. The zero-order valence-corrected chi connectivity index (χ0v) is 8.88. The van der Waals surface area contributed by atoms with E-state index in [1.165, 1.54) is 5.56 Å². The van der Waals surface area contributed by atoms with E-state index in [0.717, 1.165) is 12.0 Å². The van der Waals surface area contributed by atoms with Gasteiger partial charge < -0.3 is 4.18 Å². The van der Waals surface area contributed by atoms with Crippen molar-refractivity contribution in [2.45, 2.75) is 13.3 Å². The molecule has 0 aliphatic carbocycles. The number of carbonyl (C=O) groups is 1. The van der Waals surface area contributed by atoms with Gasteiger partial charge in [-0.15, -0.1) is 0 Å². The lowest BCUT2D eigenvalue weighted by Gasteiger charge is -2.03. The molecular formula is C11H12O2S. The number of hydrogen-bond acceptors (Lipinski definition) is 3. The van der Waals surface area contributed by atoms with Gasteiger partial charge in [-0.1, -0.05) is 37.8 Å². The molecule has 0 aromatic heterocycles. The lowest BCUT2D eigenvalue weighted by atomic mass is 10.0. The molecule has 0 aliphatic rings. The molecule has 1 aromatic carbocycles. The predicted octanol–water partition coefficient (Wildman–Crippen LogP) is 2.65. The monoisotopic (exact) mass is 208 g/mol. The Hall–Kier alpha value is -1.22. The maximum absolute atomic E-state index is 11.1. The van der Waals surface area contributed by atoms with Crippen molar-refractivity contribution in [2.24, 2.45) is 0 Å². The van der Waals surface area contributed by atoms with E-state index >= 15 is 0 Å². The van der Waals surface area contributed by atoms with Crippen LogP contribution in [0.5, 0.6) is 0 Å². The second-order valence-corrected chi connectivity index (χ2v) is 3.09. The summed E-state index contributed by atoms with van der Waals surface area (Å²) < 4.78 is 4.28. The minimum Gasteiger partial charge on any atom is -0.391 e. The molecule has 1 rings (SSSR count). The van der Waals surface area contributed by atoms with Crippen LogP contribution in [0.2, 0.25) is 0 Å². The van der Waals surface area contributed by atoms with Gasteiger partial charge in [-0.3, -0.25) is 0 Å². The maximum Gasteiger partial charge on any atom is 0.349 e. The fourth-order valence-corrected chi connectivity index (χ4v) is 1.22. The summed E-state index contributed by atoms with van der Waals surface area (Å²) >= 11 is 3.43. The average molecular weight is 208 g/mol. The number of aryl methyl sites for hydroxylation is 1. The summed E-state index contributed by atoms with van der Waals surface area (Å²) in [6, 6.07) is 7.64. The molecule has 0 atom stereocenters. The van der Waals surface area contributed by atoms with Gasteiger partial charge in [0.05, 0.1) is 5.57 Å².